The molecule has 2 N–H and O–H groups in total. The molecule has 39 heavy (non-hydrogen) atoms. The van der Waals surface area contributed by atoms with Crippen LogP contribution in [0.25, 0.3) is 22.2 Å². The molecule has 0 aliphatic carbocycles. The lowest BCUT2D eigenvalue weighted by atomic mass is 9.96. The Kier molecular flexibility index (Phi) is 8.19. The first-order valence-electron chi connectivity index (χ1n) is 13.0. The Labute approximate surface area is 227 Å². The lowest BCUT2D eigenvalue weighted by molar-refractivity contribution is -0.134. The first kappa shape index (κ1) is 26.4. The van der Waals surface area contributed by atoms with Crippen LogP contribution in [0.1, 0.15) is 21.5 Å². The van der Waals surface area contributed by atoms with E-state index in [4.69, 9.17) is 13.9 Å². The number of anilines is 2. The summed E-state index contributed by atoms with van der Waals surface area (Å²) in [6.45, 7) is 5.44. The number of aryl methyl sites for hydroxylation is 1. The van der Waals surface area contributed by atoms with Gasteiger partial charge in [-0.1, -0.05) is 30.3 Å². The van der Waals surface area contributed by atoms with Crippen molar-refractivity contribution in [3.63, 3.8) is 0 Å². The first-order valence-corrected chi connectivity index (χ1v) is 13.0. The van der Waals surface area contributed by atoms with Crippen LogP contribution >= 0.6 is 0 Å². The minimum absolute atomic E-state index is 0.123. The van der Waals surface area contributed by atoms with Gasteiger partial charge in [-0.3, -0.25) is 9.59 Å². The van der Waals surface area contributed by atoms with Crippen LogP contribution < -0.4 is 10.6 Å². The highest BCUT2D eigenvalue weighted by Crippen LogP contribution is 2.33. The average molecular weight is 529 g/mol. The van der Waals surface area contributed by atoms with Crippen molar-refractivity contribution < 1.29 is 23.5 Å². The van der Waals surface area contributed by atoms with E-state index in [1.54, 1.807) is 19.2 Å². The van der Waals surface area contributed by atoms with E-state index in [0.717, 1.165) is 33.5 Å². The number of hydrogen-bond acceptors (Lipinski definition) is 7. The summed E-state index contributed by atoms with van der Waals surface area (Å²) in [5, 5.41) is 5.99. The van der Waals surface area contributed by atoms with Crippen LogP contribution in [0.4, 0.5) is 11.7 Å². The predicted molar refractivity (Wildman–Crippen MR) is 149 cm³/mol. The lowest BCUT2D eigenvalue weighted by Crippen LogP contribution is -2.41. The molecule has 1 aromatic heterocycles. The number of nitrogens with one attached hydrogen (secondary N) is 2. The minimum Gasteiger partial charge on any atom is -0.423 e. The molecule has 0 saturated carbocycles. The molecule has 202 valence electrons. The highest BCUT2D eigenvalue weighted by molar-refractivity contribution is 5.95. The van der Waals surface area contributed by atoms with Gasteiger partial charge in [-0.15, -0.1) is 0 Å². The standard InChI is InChI=1S/C30H32N4O5/c1-20-18-21(19-27(35)34-13-16-38-17-14-34)6-11-24(20)25-4-3-5-26-28(25)39-30(33-26)32-23-9-7-22(8-10-23)29(36)31-12-15-37-2/h3-11,18H,12-17,19H2,1-2H3,(H,31,36)(H,32,33). The normalized spacial score (nSPS) is 13.4. The summed E-state index contributed by atoms with van der Waals surface area (Å²) in [5.41, 5.74) is 6.71. The molecule has 9 heteroatoms. The maximum atomic E-state index is 12.7. The molecular weight excluding hydrogens is 496 g/mol. The third-order valence-corrected chi connectivity index (χ3v) is 6.71. The molecule has 4 aromatic rings. The highest BCUT2D eigenvalue weighted by Gasteiger charge is 2.18. The first-order chi connectivity index (χ1) is 19.0. The van der Waals surface area contributed by atoms with E-state index >= 15 is 0 Å². The molecule has 0 spiro atoms. The molecule has 5 rings (SSSR count). The Morgan fingerprint density at radius 3 is 2.56 bits per heavy atom. The number of fused-ring (bicyclic) bond motifs is 1. The molecule has 0 atom stereocenters. The number of nitrogens with zero attached hydrogens (tertiary/aromatic N) is 2. The molecule has 9 nitrogen and oxygen atoms in total. The van der Waals surface area contributed by atoms with Crippen molar-refractivity contribution in [2.24, 2.45) is 0 Å². The summed E-state index contributed by atoms with van der Waals surface area (Å²) in [7, 11) is 1.59. The predicted octanol–water partition coefficient (Wildman–Crippen LogP) is 4.32. The van der Waals surface area contributed by atoms with Gasteiger partial charge < -0.3 is 29.4 Å². The topological polar surface area (TPSA) is 106 Å². The number of oxazole rings is 1. The molecule has 1 saturated heterocycles. The van der Waals surface area contributed by atoms with Crippen molar-refractivity contribution in [2.75, 3.05) is 51.9 Å². The molecule has 1 aliphatic heterocycles. The van der Waals surface area contributed by atoms with Crippen LogP contribution in [0.15, 0.2) is 65.1 Å². The van der Waals surface area contributed by atoms with E-state index in [1.165, 1.54) is 0 Å². The Morgan fingerprint density at radius 2 is 1.82 bits per heavy atom. The van der Waals surface area contributed by atoms with Gasteiger partial charge >= 0.3 is 0 Å². The fraction of sp³-hybridized carbons (Fsp3) is 0.300. The number of benzene rings is 3. The third kappa shape index (κ3) is 6.27. The fourth-order valence-electron chi connectivity index (χ4n) is 4.65. The van der Waals surface area contributed by atoms with Gasteiger partial charge in [0, 0.05) is 43.6 Å². The average Bonchev–Trinajstić information content (AvgIpc) is 3.37. The number of ether oxygens (including phenoxy) is 2. The summed E-state index contributed by atoms with van der Waals surface area (Å²) >= 11 is 0. The zero-order valence-electron chi connectivity index (χ0n) is 22.2. The van der Waals surface area contributed by atoms with Crippen molar-refractivity contribution in [1.29, 1.82) is 0 Å². The van der Waals surface area contributed by atoms with E-state index < -0.39 is 0 Å². The van der Waals surface area contributed by atoms with Crippen molar-refractivity contribution in [2.45, 2.75) is 13.3 Å². The van der Waals surface area contributed by atoms with E-state index in [-0.39, 0.29) is 11.8 Å². The van der Waals surface area contributed by atoms with Gasteiger partial charge in [-0.2, -0.15) is 4.98 Å². The van der Waals surface area contributed by atoms with Gasteiger partial charge in [-0.25, -0.2) is 0 Å². The number of carbonyl (C=O) groups is 2. The van der Waals surface area contributed by atoms with Gasteiger partial charge in [-0.05, 0) is 53.9 Å². The molecule has 0 unspecified atom stereocenters. The summed E-state index contributed by atoms with van der Waals surface area (Å²) < 4.78 is 16.5. The number of morpholine rings is 1. The number of methoxy groups -OCH3 is 1. The van der Waals surface area contributed by atoms with Crippen LogP contribution in [-0.4, -0.2) is 68.3 Å². The molecule has 0 bridgehead atoms. The van der Waals surface area contributed by atoms with Crippen molar-refractivity contribution >= 4 is 34.6 Å². The smallest absolute Gasteiger partial charge is 0.300 e. The second-order valence-corrected chi connectivity index (χ2v) is 9.44. The van der Waals surface area contributed by atoms with E-state index in [2.05, 4.69) is 21.7 Å². The second-order valence-electron chi connectivity index (χ2n) is 9.44. The largest absolute Gasteiger partial charge is 0.423 e. The Bertz CT molecular complexity index is 1460. The SMILES string of the molecule is COCCNC(=O)c1ccc(Nc2nc3cccc(-c4ccc(CC(=O)N5CCOCC5)cc4C)c3o2)cc1. The summed E-state index contributed by atoms with van der Waals surface area (Å²) in [6.07, 6.45) is 0.370. The van der Waals surface area contributed by atoms with Crippen LogP contribution in [-0.2, 0) is 20.7 Å². The van der Waals surface area contributed by atoms with Crippen molar-refractivity contribution in [3.05, 3.63) is 77.4 Å². The van der Waals surface area contributed by atoms with E-state index in [9.17, 15) is 9.59 Å². The van der Waals surface area contributed by atoms with Crippen LogP contribution in [0.2, 0.25) is 0 Å². The van der Waals surface area contributed by atoms with Gasteiger partial charge in [0.1, 0.15) is 5.52 Å². The minimum atomic E-state index is -0.156. The van der Waals surface area contributed by atoms with E-state index in [1.807, 2.05) is 54.3 Å². The van der Waals surface area contributed by atoms with Crippen LogP contribution in [0, 0.1) is 6.92 Å². The summed E-state index contributed by atoms with van der Waals surface area (Å²) in [5.74, 6) is -0.0322. The number of para-hydroxylation sites is 1. The molecule has 2 amide bonds. The molecule has 1 fully saturated rings. The van der Waals surface area contributed by atoms with E-state index in [0.29, 0.717) is 63.0 Å². The number of hydrogen-bond donors (Lipinski definition) is 2. The second kappa shape index (κ2) is 12.1. The molecular formula is C30H32N4O5. The van der Waals surface area contributed by atoms with Gasteiger partial charge in [0.2, 0.25) is 5.91 Å². The van der Waals surface area contributed by atoms with Gasteiger partial charge in [0.25, 0.3) is 11.9 Å². The number of carbonyl (C=O) groups excluding carboxylic acids is 2. The fourth-order valence-corrected chi connectivity index (χ4v) is 4.65. The zero-order chi connectivity index (χ0) is 27.2. The summed E-state index contributed by atoms with van der Waals surface area (Å²) in [4.78, 5) is 31.4. The van der Waals surface area contributed by atoms with Gasteiger partial charge in [0.05, 0.1) is 26.2 Å². The highest BCUT2D eigenvalue weighted by atomic mass is 16.5. The number of aromatic nitrogens is 1. The summed E-state index contributed by atoms with van der Waals surface area (Å²) in [6, 6.07) is 19.4. The molecule has 1 aliphatic rings. The zero-order valence-corrected chi connectivity index (χ0v) is 22.2. The van der Waals surface area contributed by atoms with Crippen molar-refractivity contribution in [3.8, 4) is 11.1 Å². The van der Waals surface area contributed by atoms with Crippen LogP contribution in [0.5, 0.6) is 0 Å². The maximum absolute atomic E-state index is 12.7. The van der Waals surface area contributed by atoms with Crippen molar-refractivity contribution in [1.82, 2.24) is 15.2 Å². The van der Waals surface area contributed by atoms with Gasteiger partial charge in [0.15, 0.2) is 5.58 Å². The number of amides is 2. The quantitative estimate of drug-likeness (QED) is 0.312. The third-order valence-electron chi connectivity index (χ3n) is 6.71. The maximum Gasteiger partial charge on any atom is 0.300 e. The Hall–Kier alpha value is -4.21. The van der Waals surface area contributed by atoms with Crippen LogP contribution in [0.3, 0.4) is 0 Å². The molecule has 3 aromatic carbocycles. The Balaban J connectivity index is 1.30. The lowest BCUT2D eigenvalue weighted by Gasteiger charge is -2.27. The Morgan fingerprint density at radius 1 is 1.03 bits per heavy atom. The number of rotatable bonds is 9. The monoisotopic (exact) mass is 528 g/mol. The molecule has 0 radical (unpaired) electrons. The molecule has 2 heterocycles.